The summed E-state index contributed by atoms with van der Waals surface area (Å²) >= 11 is 1.62. The van der Waals surface area contributed by atoms with Gasteiger partial charge in [-0.05, 0) is 44.7 Å². The number of amides is 1. The van der Waals surface area contributed by atoms with Crippen LogP contribution in [0.1, 0.15) is 47.7 Å². The first-order chi connectivity index (χ1) is 8.67. The van der Waals surface area contributed by atoms with Crippen molar-refractivity contribution in [3.63, 3.8) is 0 Å². The number of nitrogens with zero attached hydrogens (tertiary/aromatic N) is 1. The van der Waals surface area contributed by atoms with Crippen LogP contribution in [-0.4, -0.2) is 29.4 Å². The third-order valence-electron chi connectivity index (χ3n) is 3.75. The van der Waals surface area contributed by atoms with Gasteiger partial charge >= 0.3 is 0 Å². The Hall–Kier alpha value is -0.870. The molecule has 1 aromatic rings. The average molecular weight is 266 g/mol. The molecule has 2 heterocycles. The SMILES string of the molecule is CCc1ccc(C(=O)N2C(C)CCCC2CN)s1. The van der Waals surface area contributed by atoms with Crippen molar-refractivity contribution in [1.82, 2.24) is 4.90 Å². The van der Waals surface area contributed by atoms with Crippen LogP contribution in [0.25, 0.3) is 0 Å². The number of hydrogen-bond donors (Lipinski definition) is 1. The van der Waals surface area contributed by atoms with Gasteiger partial charge in [-0.2, -0.15) is 0 Å². The minimum Gasteiger partial charge on any atom is -0.331 e. The molecule has 4 heteroatoms. The first-order valence-electron chi connectivity index (χ1n) is 6.78. The number of carbonyl (C=O) groups is 1. The molecule has 0 aliphatic carbocycles. The number of nitrogens with two attached hydrogens (primary N) is 1. The molecule has 1 aromatic heterocycles. The molecule has 2 atom stereocenters. The van der Waals surface area contributed by atoms with Crippen LogP contribution in [0.3, 0.4) is 0 Å². The van der Waals surface area contributed by atoms with Crippen molar-refractivity contribution in [2.45, 2.75) is 51.6 Å². The van der Waals surface area contributed by atoms with Gasteiger partial charge in [0.05, 0.1) is 4.88 Å². The van der Waals surface area contributed by atoms with Gasteiger partial charge in [-0.15, -0.1) is 11.3 Å². The summed E-state index contributed by atoms with van der Waals surface area (Å²) in [5.41, 5.74) is 5.81. The molecule has 1 fully saturated rings. The number of hydrogen-bond acceptors (Lipinski definition) is 3. The largest absolute Gasteiger partial charge is 0.331 e. The van der Waals surface area contributed by atoms with Gasteiger partial charge in [0.15, 0.2) is 0 Å². The second-order valence-electron chi connectivity index (χ2n) is 5.00. The average Bonchev–Trinajstić information content (AvgIpc) is 2.86. The van der Waals surface area contributed by atoms with Gasteiger partial charge in [-0.25, -0.2) is 0 Å². The highest BCUT2D eigenvalue weighted by Gasteiger charge is 2.31. The van der Waals surface area contributed by atoms with E-state index in [1.54, 1.807) is 11.3 Å². The molecule has 0 radical (unpaired) electrons. The van der Waals surface area contributed by atoms with Crippen LogP contribution >= 0.6 is 11.3 Å². The molecule has 0 saturated carbocycles. The second kappa shape index (κ2) is 5.85. The van der Waals surface area contributed by atoms with Crippen LogP contribution in [-0.2, 0) is 6.42 Å². The third-order valence-corrected chi connectivity index (χ3v) is 4.97. The van der Waals surface area contributed by atoms with Gasteiger partial charge in [0.1, 0.15) is 0 Å². The highest BCUT2D eigenvalue weighted by Crippen LogP contribution is 2.27. The Bertz CT molecular complexity index is 416. The van der Waals surface area contributed by atoms with E-state index in [0.29, 0.717) is 12.6 Å². The van der Waals surface area contributed by atoms with Crippen LogP contribution in [0.15, 0.2) is 12.1 Å². The van der Waals surface area contributed by atoms with Crippen LogP contribution in [0.5, 0.6) is 0 Å². The monoisotopic (exact) mass is 266 g/mol. The summed E-state index contributed by atoms with van der Waals surface area (Å²) in [6, 6.07) is 4.55. The molecule has 2 N–H and O–H groups in total. The van der Waals surface area contributed by atoms with Gasteiger partial charge in [-0.1, -0.05) is 6.92 Å². The Morgan fingerprint density at radius 1 is 1.50 bits per heavy atom. The lowest BCUT2D eigenvalue weighted by Crippen LogP contribution is -2.51. The Balaban J connectivity index is 2.19. The maximum atomic E-state index is 12.6. The van der Waals surface area contributed by atoms with Crippen molar-refractivity contribution >= 4 is 17.2 Å². The van der Waals surface area contributed by atoms with E-state index in [1.807, 2.05) is 11.0 Å². The normalized spacial score (nSPS) is 24.3. The summed E-state index contributed by atoms with van der Waals surface area (Å²) in [5.74, 6) is 0.169. The van der Waals surface area contributed by atoms with Gasteiger partial charge < -0.3 is 10.6 Å². The van der Waals surface area contributed by atoms with Crippen molar-refractivity contribution in [2.24, 2.45) is 5.73 Å². The Kier molecular flexibility index (Phi) is 4.40. The van der Waals surface area contributed by atoms with E-state index in [-0.39, 0.29) is 11.9 Å². The summed E-state index contributed by atoms with van der Waals surface area (Å²) in [6.07, 6.45) is 4.30. The van der Waals surface area contributed by atoms with Crippen LogP contribution in [0.2, 0.25) is 0 Å². The van der Waals surface area contributed by atoms with Crippen molar-refractivity contribution < 1.29 is 4.79 Å². The van der Waals surface area contributed by atoms with Crippen LogP contribution < -0.4 is 5.73 Å². The molecule has 0 bridgehead atoms. The number of thiophene rings is 1. The Labute approximate surface area is 113 Å². The zero-order valence-electron chi connectivity index (χ0n) is 11.2. The molecular weight excluding hydrogens is 244 g/mol. The molecule has 3 nitrogen and oxygen atoms in total. The fraction of sp³-hybridized carbons (Fsp3) is 0.643. The highest BCUT2D eigenvalue weighted by molar-refractivity contribution is 7.14. The summed E-state index contributed by atoms with van der Waals surface area (Å²) in [6.45, 7) is 4.82. The maximum Gasteiger partial charge on any atom is 0.264 e. The highest BCUT2D eigenvalue weighted by atomic mass is 32.1. The van der Waals surface area contributed by atoms with Crippen molar-refractivity contribution in [3.8, 4) is 0 Å². The van der Waals surface area contributed by atoms with Crippen molar-refractivity contribution in [2.75, 3.05) is 6.54 Å². The van der Waals surface area contributed by atoms with Gasteiger partial charge in [0.2, 0.25) is 0 Å². The molecule has 2 rings (SSSR count). The summed E-state index contributed by atoms with van der Waals surface area (Å²) in [7, 11) is 0. The van der Waals surface area contributed by atoms with E-state index in [9.17, 15) is 4.79 Å². The lowest BCUT2D eigenvalue weighted by Gasteiger charge is -2.40. The van der Waals surface area contributed by atoms with Gasteiger partial charge in [0.25, 0.3) is 5.91 Å². The summed E-state index contributed by atoms with van der Waals surface area (Å²) in [5, 5.41) is 0. The van der Waals surface area contributed by atoms with E-state index < -0.39 is 0 Å². The molecule has 18 heavy (non-hydrogen) atoms. The van der Waals surface area contributed by atoms with Gasteiger partial charge in [0, 0.05) is 23.5 Å². The fourth-order valence-electron chi connectivity index (χ4n) is 2.69. The van der Waals surface area contributed by atoms with Crippen LogP contribution in [0, 0.1) is 0 Å². The molecule has 100 valence electrons. The predicted molar refractivity (Wildman–Crippen MR) is 76.0 cm³/mol. The number of aryl methyl sites for hydroxylation is 1. The minimum atomic E-state index is 0.169. The molecule has 2 unspecified atom stereocenters. The van der Waals surface area contributed by atoms with E-state index in [2.05, 4.69) is 19.9 Å². The quantitative estimate of drug-likeness (QED) is 0.914. The number of piperidine rings is 1. The summed E-state index contributed by atoms with van der Waals surface area (Å²) in [4.78, 5) is 16.7. The zero-order chi connectivity index (χ0) is 13.1. The standard InChI is InChI=1S/C14H22N2OS/c1-3-12-7-8-13(18-12)14(17)16-10(2)5-4-6-11(16)9-15/h7-8,10-11H,3-6,9,15H2,1-2H3. The maximum absolute atomic E-state index is 12.6. The number of likely N-dealkylation sites (tertiary alicyclic amines) is 1. The lowest BCUT2D eigenvalue weighted by molar-refractivity contribution is 0.0499. The van der Waals surface area contributed by atoms with Crippen molar-refractivity contribution in [3.05, 3.63) is 21.9 Å². The molecule has 1 aliphatic rings. The summed E-state index contributed by atoms with van der Waals surface area (Å²) < 4.78 is 0. The fourth-order valence-corrected chi connectivity index (χ4v) is 3.59. The Morgan fingerprint density at radius 2 is 2.28 bits per heavy atom. The second-order valence-corrected chi connectivity index (χ2v) is 6.17. The zero-order valence-corrected chi connectivity index (χ0v) is 12.0. The first-order valence-corrected chi connectivity index (χ1v) is 7.60. The molecule has 1 aliphatic heterocycles. The molecule has 0 spiro atoms. The van der Waals surface area contributed by atoms with E-state index >= 15 is 0 Å². The number of rotatable bonds is 3. The molecule has 0 aromatic carbocycles. The van der Waals surface area contributed by atoms with E-state index in [0.717, 1.165) is 24.1 Å². The smallest absolute Gasteiger partial charge is 0.264 e. The topological polar surface area (TPSA) is 46.3 Å². The molecule has 1 amide bonds. The minimum absolute atomic E-state index is 0.169. The van der Waals surface area contributed by atoms with E-state index in [4.69, 9.17) is 5.73 Å². The first kappa shape index (κ1) is 13.6. The molecule has 1 saturated heterocycles. The van der Waals surface area contributed by atoms with Crippen LogP contribution in [0.4, 0.5) is 0 Å². The lowest BCUT2D eigenvalue weighted by atomic mass is 9.96. The predicted octanol–water partition coefficient (Wildman–Crippen LogP) is 2.65. The number of carbonyl (C=O) groups excluding carboxylic acids is 1. The van der Waals surface area contributed by atoms with Crippen molar-refractivity contribution in [1.29, 1.82) is 0 Å². The third kappa shape index (κ3) is 2.59. The Morgan fingerprint density at radius 3 is 2.89 bits per heavy atom. The molecular formula is C14H22N2OS. The van der Waals surface area contributed by atoms with E-state index in [1.165, 1.54) is 11.3 Å². The van der Waals surface area contributed by atoms with Gasteiger partial charge in [-0.3, -0.25) is 4.79 Å².